The lowest BCUT2D eigenvalue weighted by Crippen LogP contribution is -2.16. The van der Waals surface area contributed by atoms with Gasteiger partial charge in [-0.05, 0) is 37.0 Å². The van der Waals surface area contributed by atoms with E-state index in [4.69, 9.17) is 20.6 Å². The second kappa shape index (κ2) is 8.33. The van der Waals surface area contributed by atoms with Crippen LogP contribution in [-0.2, 0) is 4.74 Å². The van der Waals surface area contributed by atoms with Gasteiger partial charge in [0.1, 0.15) is 6.61 Å². The quantitative estimate of drug-likeness (QED) is 0.596. The van der Waals surface area contributed by atoms with E-state index >= 15 is 0 Å². The predicted molar refractivity (Wildman–Crippen MR) is 84.2 cm³/mol. The highest BCUT2D eigenvalue weighted by Gasteiger charge is 2.17. The minimum Gasteiger partial charge on any atom is -0.493 e. The fourth-order valence-electron chi connectivity index (χ4n) is 2.66. The Bertz CT molecular complexity index is 539. The first kappa shape index (κ1) is 16.2. The third kappa shape index (κ3) is 4.42. The number of terminal acetylenes is 1. The van der Waals surface area contributed by atoms with E-state index in [0.717, 1.165) is 12.8 Å². The van der Waals surface area contributed by atoms with Crippen molar-refractivity contribution in [2.45, 2.75) is 32.1 Å². The number of hydrogen-bond donors (Lipinski definition) is 0. The molecule has 0 atom stereocenters. The van der Waals surface area contributed by atoms with Crippen LogP contribution in [0.4, 0.5) is 0 Å². The lowest BCUT2D eigenvalue weighted by molar-refractivity contribution is 0.0410. The molecule has 1 aliphatic carbocycles. The lowest BCUT2D eigenvalue weighted by Gasteiger charge is -2.21. The Morgan fingerprint density at radius 3 is 2.73 bits per heavy atom. The van der Waals surface area contributed by atoms with E-state index in [0.29, 0.717) is 29.6 Å². The van der Waals surface area contributed by atoms with E-state index < -0.39 is 0 Å². The number of methoxy groups -OCH3 is 1. The molecule has 0 saturated heterocycles. The van der Waals surface area contributed by atoms with Crippen LogP contribution in [0.1, 0.15) is 42.5 Å². The van der Waals surface area contributed by atoms with Crippen molar-refractivity contribution in [2.75, 3.05) is 20.3 Å². The minimum atomic E-state index is -0.327. The molecule has 1 aromatic carbocycles. The first-order chi connectivity index (χ1) is 10.7. The zero-order valence-electron chi connectivity index (χ0n) is 13.0. The molecule has 4 nitrogen and oxygen atoms in total. The number of hydrogen-bond acceptors (Lipinski definition) is 4. The van der Waals surface area contributed by atoms with Gasteiger partial charge >= 0.3 is 5.97 Å². The molecule has 0 N–H and O–H groups in total. The summed E-state index contributed by atoms with van der Waals surface area (Å²) in [5.41, 5.74) is 0.459. The Kier molecular flexibility index (Phi) is 6.14. The molecule has 0 aromatic heterocycles. The van der Waals surface area contributed by atoms with Crippen molar-refractivity contribution < 1.29 is 19.0 Å². The van der Waals surface area contributed by atoms with Crippen LogP contribution < -0.4 is 9.47 Å². The number of esters is 1. The molecule has 1 fully saturated rings. The van der Waals surface area contributed by atoms with Crippen LogP contribution in [-0.4, -0.2) is 26.3 Å². The summed E-state index contributed by atoms with van der Waals surface area (Å²) in [6, 6.07) is 4.96. The number of carbonyl (C=O) groups is 1. The SMILES string of the molecule is C#CCOc1ccc(C(=O)OCC2CCCCC2)cc1OC. The molecular formula is C18H22O4. The van der Waals surface area contributed by atoms with Crippen LogP contribution in [0.2, 0.25) is 0 Å². The van der Waals surface area contributed by atoms with Crippen LogP contribution in [0.5, 0.6) is 11.5 Å². The summed E-state index contributed by atoms with van der Waals surface area (Å²) in [7, 11) is 1.52. The average Bonchev–Trinajstić information content (AvgIpc) is 2.58. The molecule has 1 aromatic rings. The molecule has 0 heterocycles. The Morgan fingerprint density at radius 1 is 1.27 bits per heavy atom. The zero-order valence-corrected chi connectivity index (χ0v) is 13.0. The molecule has 0 amide bonds. The van der Waals surface area contributed by atoms with Gasteiger partial charge in [0.2, 0.25) is 0 Å². The summed E-state index contributed by atoms with van der Waals surface area (Å²) in [5, 5.41) is 0. The van der Waals surface area contributed by atoms with Gasteiger partial charge in [0, 0.05) is 0 Å². The molecule has 0 radical (unpaired) electrons. The van der Waals surface area contributed by atoms with Gasteiger partial charge in [-0.2, -0.15) is 0 Å². The summed E-state index contributed by atoms with van der Waals surface area (Å²) >= 11 is 0. The van der Waals surface area contributed by atoms with Gasteiger partial charge in [0.05, 0.1) is 19.3 Å². The standard InChI is InChI=1S/C18H22O4/c1-3-11-21-16-10-9-15(12-17(16)20-2)18(19)22-13-14-7-5-4-6-8-14/h1,9-10,12,14H,4-8,11,13H2,2H3. The molecule has 1 saturated carbocycles. The normalized spacial score (nSPS) is 14.9. The summed E-state index contributed by atoms with van der Waals surface area (Å²) in [6.07, 6.45) is 11.2. The number of carbonyl (C=O) groups excluding carboxylic acids is 1. The van der Waals surface area contributed by atoms with Gasteiger partial charge in [0.25, 0.3) is 0 Å². The fourth-order valence-corrected chi connectivity index (χ4v) is 2.66. The van der Waals surface area contributed by atoms with E-state index in [1.54, 1.807) is 18.2 Å². The van der Waals surface area contributed by atoms with Crippen LogP contribution >= 0.6 is 0 Å². The monoisotopic (exact) mass is 302 g/mol. The predicted octanol–water partition coefficient (Wildman–Crippen LogP) is 3.44. The summed E-state index contributed by atoms with van der Waals surface area (Å²) in [6.45, 7) is 0.651. The second-order valence-corrected chi connectivity index (χ2v) is 5.46. The number of benzene rings is 1. The van der Waals surface area contributed by atoms with Gasteiger partial charge < -0.3 is 14.2 Å². The maximum atomic E-state index is 12.1. The minimum absolute atomic E-state index is 0.155. The Hall–Kier alpha value is -2.15. The molecule has 0 unspecified atom stereocenters. The van der Waals surface area contributed by atoms with Crippen molar-refractivity contribution in [3.8, 4) is 23.8 Å². The topological polar surface area (TPSA) is 44.8 Å². The summed E-state index contributed by atoms with van der Waals surface area (Å²) in [4.78, 5) is 12.1. The van der Waals surface area contributed by atoms with Gasteiger partial charge in [-0.1, -0.05) is 25.2 Å². The molecule has 0 bridgehead atoms. The molecule has 4 heteroatoms. The fraction of sp³-hybridized carbons (Fsp3) is 0.500. The van der Waals surface area contributed by atoms with E-state index in [1.807, 2.05) is 0 Å². The molecule has 118 valence electrons. The highest BCUT2D eigenvalue weighted by atomic mass is 16.5. The summed E-state index contributed by atoms with van der Waals surface area (Å²) < 4.78 is 16.0. The van der Waals surface area contributed by atoms with Crippen LogP contribution in [0.25, 0.3) is 0 Å². The van der Waals surface area contributed by atoms with E-state index in [1.165, 1.54) is 26.4 Å². The number of rotatable bonds is 6. The van der Waals surface area contributed by atoms with E-state index in [9.17, 15) is 4.79 Å². The van der Waals surface area contributed by atoms with Crippen LogP contribution in [0.15, 0.2) is 18.2 Å². The highest BCUT2D eigenvalue weighted by Crippen LogP contribution is 2.29. The summed E-state index contributed by atoms with van der Waals surface area (Å²) in [5.74, 6) is 3.56. The molecular weight excluding hydrogens is 280 g/mol. The van der Waals surface area contributed by atoms with Crippen LogP contribution in [0.3, 0.4) is 0 Å². The largest absolute Gasteiger partial charge is 0.493 e. The van der Waals surface area contributed by atoms with E-state index in [-0.39, 0.29) is 12.6 Å². The third-order valence-corrected chi connectivity index (χ3v) is 3.89. The second-order valence-electron chi connectivity index (χ2n) is 5.46. The molecule has 22 heavy (non-hydrogen) atoms. The molecule has 2 rings (SSSR count). The Morgan fingerprint density at radius 2 is 2.05 bits per heavy atom. The highest BCUT2D eigenvalue weighted by molar-refractivity contribution is 5.90. The zero-order chi connectivity index (χ0) is 15.8. The Labute approximate surface area is 131 Å². The van der Waals surface area contributed by atoms with Gasteiger partial charge in [-0.25, -0.2) is 4.79 Å². The van der Waals surface area contributed by atoms with Crippen molar-refractivity contribution in [2.24, 2.45) is 5.92 Å². The first-order valence-corrected chi connectivity index (χ1v) is 7.66. The van der Waals surface area contributed by atoms with E-state index in [2.05, 4.69) is 5.92 Å². The smallest absolute Gasteiger partial charge is 0.338 e. The van der Waals surface area contributed by atoms with Crippen molar-refractivity contribution in [1.29, 1.82) is 0 Å². The third-order valence-electron chi connectivity index (χ3n) is 3.89. The molecule has 1 aliphatic rings. The van der Waals surface area contributed by atoms with Crippen molar-refractivity contribution >= 4 is 5.97 Å². The van der Waals surface area contributed by atoms with Crippen LogP contribution in [0, 0.1) is 18.3 Å². The van der Waals surface area contributed by atoms with Gasteiger partial charge in [0.15, 0.2) is 11.5 Å². The Balaban J connectivity index is 1.95. The molecule has 0 aliphatic heterocycles. The lowest BCUT2D eigenvalue weighted by atomic mass is 9.90. The van der Waals surface area contributed by atoms with Gasteiger partial charge in [-0.15, -0.1) is 6.42 Å². The maximum Gasteiger partial charge on any atom is 0.338 e. The maximum absolute atomic E-state index is 12.1. The first-order valence-electron chi connectivity index (χ1n) is 7.66. The van der Waals surface area contributed by atoms with Crippen molar-refractivity contribution in [3.05, 3.63) is 23.8 Å². The van der Waals surface area contributed by atoms with Crippen molar-refractivity contribution in [3.63, 3.8) is 0 Å². The van der Waals surface area contributed by atoms with Crippen molar-refractivity contribution in [1.82, 2.24) is 0 Å². The number of ether oxygens (including phenoxy) is 3. The average molecular weight is 302 g/mol. The van der Waals surface area contributed by atoms with Gasteiger partial charge in [-0.3, -0.25) is 0 Å². The molecule has 0 spiro atoms.